The van der Waals surface area contributed by atoms with E-state index in [0.717, 1.165) is 103 Å². The Bertz CT molecular complexity index is 1260. The Morgan fingerprint density at radius 2 is 0.661 bits per heavy atom. The number of unbranched alkanes of at least 4 members (excludes halogenated alkanes) is 17. The summed E-state index contributed by atoms with van der Waals surface area (Å²) < 4.78 is 16.7. The van der Waals surface area contributed by atoms with Gasteiger partial charge >= 0.3 is 17.9 Å². The number of rotatable bonds is 44. The highest BCUT2D eigenvalue weighted by molar-refractivity contribution is 5.71. The molecule has 0 aromatic carbocycles. The number of carbonyl (C=O) groups is 3. The molecule has 352 valence electrons. The number of esters is 3. The van der Waals surface area contributed by atoms with Gasteiger partial charge in [-0.2, -0.15) is 0 Å². The van der Waals surface area contributed by atoms with Crippen molar-refractivity contribution in [2.75, 3.05) is 13.2 Å². The molecule has 0 saturated carbocycles. The third-order valence-electron chi connectivity index (χ3n) is 10.3. The molecule has 0 aromatic heterocycles. The average molecular weight is 861 g/mol. The molecule has 1 unspecified atom stereocenters. The van der Waals surface area contributed by atoms with Gasteiger partial charge in [-0.1, -0.05) is 214 Å². The van der Waals surface area contributed by atoms with Crippen LogP contribution in [0.3, 0.4) is 0 Å². The molecule has 0 radical (unpaired) electrons. The van der Waals surface area contributed by atoms with Crippen molar-refractivity contribution in [3.8, 4) is 0 Å². The molecular formula is C56H92O6. The SMILES string of the molecule is CC/C=C\C/C=C\C/C=C\C/C=C\CCCCCCC(=O)OCC(COC(=O)CC/C=C\C/C=C\C/C=C\C/C=C\CC)OC(=O)CCCCCCCCCCCCCCCC. The number of hydrogen-bond acceptors (Lipinski definition) is 6. The second kappa shape index (κ2) is 50.0. The van der Waals surface area contributed by atoms with E-state index in [-0.39, 0.29) is 37.5 Å². The second-order valence-electron chi connectivity index (χ2n) is 16.3. The lowest BCUT2D eigenvalue weighted by molar-refractivity contribution is -0.166. The van der Waals surface area contributed by atoms with Gasteiger partial charge in [0, 0.05) is 19.3 Å². The highest BCUT2D eigenvalue weighted by Gasteiger charge is 2.19. The van der Waals surface area contributed by atoms with Crippen molar-refractivity contribution < 1.29 is 28.6 Å². The van der Waals surface area contributed by atoms with Crippen molar-refractivity contribution in [2.45, 2.75) is 226 Å². The van der Waals surface area contributed by atoms with E-state index in [1.54, 1.807) is 0 Å². The van der Waals surface area contributed by atoms with E-state index in [4.69, 9.17) is 14.2 Å². The Hall–Kier alpha value is -3.67. The summed E-state index contributed by atoms with van der Waals surface area (Å²) in [6.45, 7) is 6.31. The Balaban J connectivity index is 4.51. The smallest absolute Gasteiger partial charge is 0.306 e. The van der Waals surface area contributed by atoms with Crippen molar-refractivity contribution >= 4 is 17.9 Å². The highest BCUT2D eigenvalue weighted by Crippen LogP contribution is 2.14. The minimum atomic E-state index is -0.814. The molecule has 6 nitrogen and oxygen atoms in total. The fourth-order valence-electron chi connectivity index (χ4n) is 6.62. The third kappa shape index (κ3) is 47.4. The van der Waals surface area contributed by atoms with Gasteiger partial charge in [-0.3, -0.25) is 14.4 Å². The standard InChI is InChI=1S/C56H92O6/c1-4-7-10-13-16-19-22-25-27-28-29-32-34-37-40-43-46-49-55(58)61-52-53(51-60-54(57)48-45-42-39-36-33-30-24-21-18-15-12-9-6-3)62-56(59)50-47-44-41-38-35-31-26-23-20-17-14-11-8-5-2/h7,9-10,12,16,18-19,21,25,27,29-30,32-33,39,42,53H,4-6,8,11,13-15,17,20,22-24,26,28,31,34-38,40-41,43-52H2,1-3H3/b10-7-,12-9-,19-16-,21-18-,27-25-,32-29-,33-30-,42-39-. The molecule has 0 aliphatic heterocycles. The van der Waals surface area contributed by atoms with Gasteiger partial charge in [0.25, 0.3) is 0 Å². The van der Waals surface area contributed by atoms with Crippen LogP contribution in [0.2, 0.25) is 0 Å². The molecule has 0 bridgehead atoms. The largest absolute Gasteiger partial charge is 0.462 e. The number of ether oxygens (including phenoxy) is 3. The molecule has 0 spiro atoms. The zero-order valence-electron chi connectivity index (χ0n) is 40.1. The van der Waals surface area contributed by atoms with Gasteiger partial charge in [0.1, 0.15) is 13.2 Å². The van der Waals surface area contributed by atoms with Crippen molar-refractivity contribution in [3.05, 3.63) is 97.2 Å². The maximum absolute atomic E-state index is 12.8. The van der Waals surface area contributed by atoms with Gasteiger partial charge in [0.2, 0.25) is 0 Å². The number of carbonyl (C=O) groups excluding carboxylic acids is 3. The quantitative estimate of drug-likeness (QED) is 0.0263. The predicted molar refractivity (Wildman–Crippen MR) is 265 cm³/mol. The first kappa shape index (κ1) is 58.3. The molecule has 6 heteroatoms. The van der Waals surface area contributed by atoms with Gasteiger partial charge in [-0.05, 0) is 83.5 Å². The highest BCUT2D eigenvalue weighted by atomic mass is 16.6. The lowest BCUT2D eigenvalue weighted by atomic mass is 10.0. The summed E-state index contributed by atoms with van der Waals surface area (Å²) in [5.41, 5.74) is 0. The Morgan fingerprint density at radius 3 is 1.08 bits per heavy atom. The molecule has 0 aliphatic rings. The summed E-state index contributed by atoms with van der Waals surface area (Å²) in [4.78, 5) is 37.9. The summed E-state index contributed by atoms with van der Waals surface area (Å²) in [6, 6.07) is 0. The van der Waals surface area contributed by atoms with E-state index < -0.39 is 6.10 Å². The van der Waals surface area contributed by atoms with Crippen molar-refractivity contribution in [1.29, 1.82) is 0 Å². The summed E-state index contributed by atoms with van der Waals surface area (Å²) in [6.07, 6.45) is 65.4. The van der Waals surface area contributed by atoms with E-state index >= 15 is 0 Å². The van der Waals surface area contributed by atoms with Crippen LogP contribution in [-0.2, 0) is 28.6 Å². The second-order valence-corrected chi connectivity index (χ2v) is 16.3. The zero-order chi connectivity index (χ0) is 45.1. The van der Waals surface area contributed by atoms with Crippen LogP contribution < -0.4 is 0 Å². The van der Waals surface area contributed by atoms with Gasteiger partial charge < -0.3 is 14.2 Å². The summed E-state index contributed by atoms with van der Waals surface area (Å²) in [7, 11) is 0. The van der Waals surface area contributed by atoms with Crippen molar-refractivity contribution in [3.63, 3.8) is 0 Å². The van der Waals surface area contributed by atoms with Crippen LogP contribution in [0.4, 0.5) is 0 Å². The van der Waals surface area contributed by atoms with E-state index in [0.29, 0.717) is 19.3 Å². The van der Waals surface area contributed by atoms with E-state index in [1.807, 2.05) is 12.2 Å². The van der Waals surface area contributed by atoms with Crippen LogP contribution >= 0.6 is 0 Å². The summed E-state index contributed by atoms with van der Waals surface area (Å²) >= 11 is 0. The zero-order valence-corrected chi connectivity index (χ0v) is 40.1. The molecule has 0 aromatic rings. The lowest BCUT2D eigenvalue weighted by Crippen LogP contribution is -2.30. The fourth-order valence-corrected chi connectivity index (χ4v) is 6.62. The van der Waals surface area contributed by atoms with Crippen LogP contribution in [0.25, 0.3) is 0 Å². The maximum Gasteiger partial charge on any atom is 0.306 e. The Kier molecular flexibility index (Phi) is 47.0. The van der Waals surface area contributed by atoms with Crippen LogP contribution in [0, 0.1) is 0 Å². The molecule has 0 saturated heterocycles. The predicted octanol–water partition coefficient (Wildman–Crippen LogP) is 16.6. The first-order valence-corrected chi connectivity index (χ1v) is 25.2. The monoisotopic (exact) mass is 861 g/mol. The topological polar surface area (TPSA) is 78.9 Å². The Labute approximate surface area is 381 Å². The number of hydrogen-bond donors (Lipinski definition) is 0. The molecule has 0 heterocycles. The normalized spacial score (nSPS) is 12.9. The van der Waals surface area contributed by atoms with E-state index in [9.17, 15) is 14.4 Å². The maximum atomic E-state index is 12.8. The van der Waals surface area contributed by atoms with Crippen LogP contribution in [-0.4, -0.2) is 37.2 Å². The fraction of sp³-hybridized carbons (Fsp3) is 0.661. The first-order chi connectivity index (χ1) is 30.5. The minimum absolute atomic E-state index is 0.112. The minimum Gasteiger partial charge on any atom is -0.462 e. The first-order valence-electron chi connectivity index (χ1n) is 25.2. The molecule has 0 N–H and O–H groups in total. The van der Waals surface area contributed by atoms with E-state index in [1.165, 1.54) is 70.6 Å². The molecular weight excluding hydrogens is 769 g/mol. The molecule has 0 fully saturated rings. The average Bonchev–Trinajstić information content (AvgIpc) is 3.27. The van der Waals surface area contributed by atoms with Crippen molar-refractivity contribution in [2.24, 2.45) is 0 Å². The molecule has 0 amide bonds. The molecule has 0 rings (SSSR count). The Morgan fingerprint density at radius 1 is 0.339 bits per heavy atom. The lowest BCUT2D eigenvalue weighted by Gasteiger charge is -2.18. The molecule has 0 aliphatic carbocycles. The molecule has 1 atom stereocenters. The van der Waals surface area contributed by atoms with Crippen LogP contribution in [0.15, 0.2) is 97.2 Å². The van der Waals surface area contributed by atoms with E-state index in [2.05, 4.69) is 106 Å². The number of allylic oxidation sites excluding steroid dienone is 16. The van der Waals surface area contributed by atoms with Gasteiger partial charge in [-0.25, -0.2) is 0 Å². The third-order valence-corrected chi connectivity index (χ3v) is 10.3. The molecule has 62 heavy (non-hydrogen) atoms. The van der Waals surface area contributed by atoms with Gasteiger partial charge in [-0.15, -0.1) is 0 Å². The van der Waals surface area contributed by atoms with Gasteiger partial charge in [0.05, 0.1) is 0 Å². The van der Waals surface area contributed by atoms with Gasteiger partial charge in [0.15, 0.2) is 6.10 Å². The van der Waals surface area contributed by atoms with Crippen LogP contribution in [0.5, 0.6) is 0 Å². The summed E-state index contributed by atoms with van der Waals surface area (Å²) in [5, 5.41) is 0. The van der Waals surface area contributed by atoms with Crippen LogP contribution in [0.1, 0.15) is 220 Å². The van der Waals surface area contributed by atoms with Crippen molar-refractivity contribution in [1.82, 2.24) is 0 Å². The summed E-state index contributed by atoms with van der Waals surface area (Å²) in [5.74, 6) is -1.02.